The molecule has 0 amide bonds. The molecule has 6 nitrogen and oxygen atoms in total. The van der Waals surface area contributed by atoms with Gasteiger partial charge in [-0.2, -0.15) is 0 Å². The van der Waals surface area contributed by atoms with E-state index in [0.717, 1.165) is 64.2 Å². The molecule has 0 fully saturated rings. The third-order valence-corrected chi connectivity index (χ3v) is 11.5. The summed E-state index contributed by atoms with van der Waals surface area (Å²) < 4.78 is 16.7. The topological polar surface area (TPSA) is 78.9 Å². The summed E-state index contributed by atoms with van der Waals surface area (Å²) in [6.45, 7) is 6.58. The first-order valence-electron chi connectivity index (χ1n) is 25.8. The number of allylic oxidation sites excluding steroid dienone is 4. The zero-order valence-electron chi connectivity index (χ0n) is 39.5. The van der Waals surface area contributed by atoms with Gasteiger partial charge in [0, 0.05) is 19.3 Å². The zero-order valence-corrected chi connectivity index (χ0v) is 39.5. The van der Waals surface area contributed by atoms with Crippen molar-refractivity contribution in [2.24, 2.45) is 0 Å². The molecule has 0 N–H and O–H groups in total. The summed E-state index contributed by atoms with van der Waals surface area (Å²) in [4.78, 5) is 37.6. The number of rotatable bonds is 47. The van der Waals surface area contributed by atoms with Crippen molar-refractivity contribution in [3.05, 3.63) is 24.3 Å². The van der Waals surface area contributed by atoms with Crippen LogP contribution in [0.1, 0.15) is 278 Å². The Morgan fingerprint density at radius 2 is 0.610 bits per heavy atom. The van der Waals surface area contributed by atoms with E-state index in [2.05, 4.69) is 45.1 Å². The molecule has 0 saturated carbocycles. The van der Waals surface area contributed by atoms with Gasteiger partial charge in [0.2, 0.25) is 0 Å². The maximum atomic E-state index is 12.7. The molecule has 1 atom stereocenters. The van der Waals surface area contributed by atoms with Crippen molar-refractivity contribution in [3.63, 3.8) is 0 Å². The fourth-order valence-corrected chi connectivity index (χ4v) is 7.53. The van der Waals surface area contributed by atoms with Gasteiger partial charge in [0.15, 0.2) is 6.10 Å². The summed E-state index contributed by atoms with van der Waals surface area (Å²) in [6, 6.07) is 0. The Labute approximate surface area is 366 Å². The van der Waals surface area contributed by atoms with Crippen LogP contribution in [-0.4, -0.2) is 37.2 Å². The van der Waals surface area contributed by atoms with Crippen LogP contribution in [0, 0.1) is 0 Å². The first-order chi connectivity index (χ1) is 29.0. The highest BCUT2D eigenvalue weighted by molar-refractivity contribution is 5.71. The van der Waals surface area contributed by atoms with Crippen LogP contribution in [0.25, 0.3) is 0 Å². The van der Waals surface area contributed by atoms with Crippen molar-refractivity contribution in [2.75, 3.05) is 13.2 Å². The van der Waals surface area contributed by atoms with Gasteiger partial charge in [-0.25, -0.2) is 0 Å². The van der Waals surface area contributed by atoms with Gasteiger partial charge in [-0.1, -0.05) is 231 Å². The highest BCUT2D eigenvalue weighted by Crippen LogP contribution is 2.16. The number of unbranched alkanes of at least 4 members (excludes halogenated alkanes) is 32. The quantitative estimate of drug-likeness (QED) is 0.0263. The lowest BCUT2D eigenvalue weighted by Crippen LogP contribution is -2.30. The Morgan fingerprint density at radius 1 is 0.339 bits per heavy atom. The van der Waals surface area contributed by atoms with E-state index in [9.17, 15) is 14.4 Å². The SMILES string of the molecule is CCCCCCC/C=C\C/C=C\CCCCCCCCCCCCCCCC(=O)OCC(COC(=O)CCCCCCCCC)OC(=O)CCCCCCCCCCC. The van der Waals surface area contributed by atoms with Crippen molar-refractivity contribution in [2.45, 2.75) is 284 Å². The summed E-state index contributed by atoms with van der Waals surface area (Å²) in [6.07, 6.45) is 54.8. The van der Waals surface area contributed by atoms with Crippen LogP contribution in [0.3, 0.4) is 0 Å². The molecule has 0 radical (unpaired) electrons. The lowest BCUT2D eigenvalue weighted by molar-refractivity contribution is -0.167. The molecule has 0 aliphatic rings. The Bertz CT molecular complexity index is 958. The monoisotopic (exact) mass is 831 g/mol. The molecular weight excluding hydrogens is 733 g/mol. The van der Waals surface area contributed by atoms with Crippen LogP contribution < -0.4 is 0 Å². The second kappa shape index (κ2) is 48.6. The fourth-order valence-electron chi connectivity index (χ4n) is 7.53. The number of hydrogen-bond donors (Lipinski definition) is 0. The number of carbonyl (C=O) groups is 3. The van der Waals surface area contributed by atoms with Gasteiger partial charge in [-0.3, -0.25) is 14.4 Å². The van der Waals surface area contributed by atoms with E-state index in [-0.39, 0.29) is 31.1 Å². The minimum atomic E-state index is -0.762. The molecule has 59 heavy (non-hydrogen) atoms. The minimum absolute atomic E-state index is 0.0676. The summed E-state index contributed by atoms with van der Waals surface area (Å²) in [7, 11) is 0. The molecule has 0 saturated heterocycles. The number of ether oxygens (including phenoxy) is 3. The highest BCUT2D eigenvalue weighted by atomic mass is 16.6. The molecule has 0 aliphatic carbocycles. The van der Waals surface area contributed by atoms with Gasteiger partial charge in [0.25, 0.3) is 0 Å². The summed E-state index contributed by atoms with van der Waals surface area (Å²) in [5, 5.41) is 0. The van der Waals surface area contributed by atoms with Crippen LogP contribution in [0.2, 0.25) is 0 Å². The predicted octanol–water partition coefficient (Wildman–Crippen LogP) is 16.8. The molecule has 0 aliphatic heterocycles. The first kappa shape index (κ1) is 56.9. The second-order valence-corrected chi connectivity index (χ2v) is 17.4. The third-order valence-electron chi connectivity index (χ3n) is 11.5. The molecular formula is C53H98O6. The van der Waals surface area contributed by atoms with Crippen LogP contribution >= 0.6 is 0 Å². The van der Waals surface area contributed by atoms with Crippen LogP contribution in [-0.2, 0) is 28.6 Å². The largest absolute Gasteiger partial charge is 0.462 e. The molecule has 0 spiro atoms. The van der Waals surface area contributed by atoms with E-state index in [1.807, 2.05) is 0 Å². The maximum absolute atomic E-state index is 12.7. The minimum Gasteiger partial charge on any atom is -0.462 e. The Hall–Kier alpha value is -2.11. The van der Waals surface area contributed by atoms with Gasteiger partial charge < -0.3 is 14.2 Å². The summed E-state index contributed by atoms with van der Waals surface area (Å²) in [5.41, 5.74) is 0. The van der Waals surface area contributed by atoms with Gasteiger partial charge in [-0.05, 0) is 51.4 Å². The van der Waals surface area contributed by atoms with E-state index < -0.39 is 6.10 Å². The molecule has 0 aromatic carbocycles. The van der Waals surface area contributed by atoms with Crippen molar-refractivity contribution >= 4 is 17.9 Å². The normalized spacial score (nSPS) is 12.1. The molecule has 0 heterocycles. The average Bonchev–Trinajstić information content (AvgIpc) is 3.23. The van der Waals surface area contributed by atoms with Gasteiger partial charge in [0.05, 0.1) is 0 Å². The van der Waals surface area contributed by atoms with Gasteiger partial charge in [0.1, 0.15) is 13.2 Å². The van der Waals surface area contributed by atoms with E-state index in [0.29, 0.717) is 19.3 Å². The van der Waals surface area contributed by atoms with Crippen LogP contribution in [0.4, 0.5) is 0 Å². The molecule has 0 aromatic rings. The number of carbonyl (C=O) groups excluding carboxylic acids is 3. The predicted molar refractivity (Wildman–Crippen MR) is 252 cm³/mol. The zero-order chi connectivity index (χ0) is 43.0. The molecule has 0 rings (SSSR count). The van der Waals surface area contributed by atoms with Crippen molar-refractivity contribution in [1.82, 2.24) is 0 Å². The highest BCUT2D eigenvalue weighted by Gasteiger charge is 2.19. The lowest BCUT2D eigenvalue weighted by atomic mass is 10.0. The number of hydrogen-bond acceptors (Lipinski definition) is 6. The molecule has 346 valence electrons. The van der Waals surface area contributed by atoms with Crippen molar-refractivity contribution in [1.29, 1.82) is 0 Å². The molecule has 0 aromatic heterocycles. The van der Waals surface area contributed by atoms with E-state index in [4.69, 9.17) is 14.2 Å². The first-order valence-corrected chi connectivity index (χ1v) is 25.8. The van der Waals surface area contributed by atoms with E-state index in [1.165, 1.54) is 173 Å². The average molecular weight is 831 g/mol. The second-order valence-electron chi connectivity index (χ2n) is 17.4. The van der Waals surface area contributed by atoms with E-state index in [1.54, 1.807) is 0 Å². The summed E-state index contributed by atoms with van der Waals surface area (Å²) in [5.74, 6) is -0.868. The molecule has 0 bridgehead atoms. The van der Waals surface area contributed by atoms with Gasteiger partial charge in [-0.15, -0.1) is 0 Å². The molecule has 6 heteroatoms. The van der Waals surface area contributed by atoms with Crippen LogP contribution in [0.15, 0.2) is 24.3 Å². The lowest BCUT2D eigenvalue weighted by Gasteiger charge is -2.18. The Kier molecular flexibility index (Phi) is 46.8. The van der Waals surface area contributed by atoms with Crippen molar-refractivity contribution in [3.8, 4) is 0 Å². The fraction of sp³-hybridized carbons (Fsp3) is 0.868. The Morgan fingerprint density at radius 3 is 0.932 bits per heavy atom. The number of esters is 3. The third kappa shape index (κ3) is 46.8. The van der Waals surface area contributed by atoms with Crippen LogP contribution in [0.5, 0.6) is 0 Å². The maximum Gasteiger partial charge on any atom is 0.306 e. The van der Waals surface area contributed by atoms with Gasteiger partial charge >= 0.3 is 17.9 Å². The summed E-state index contributed by atoms with van der Waals surface area (Å²) >= 11 is 0. The van der Waals surface area contributed by atoms with Crippen molar-refractivity contribution < 1.29 is 28.6 Å². The Balaban J connectivity index is 4.03. The van der Waals surface area contributed by atoms with E-state index >= 15 is 0 Å². The molecule has 1 unspecified atom stereocenters. The smallest absolute Gasteiger partial charge is 0.306 e. The standard InChI is InChI=1S/C53H98O6/c1-4-7-10-13-16-18-19-20-21-22-23-24-25-26-27-28-29-30-31-32-33-35-37-40-43-46-52(55)58-49-50(48-57-51(54)45-42-39-36-15-12-9-6-3)59-53(56)47-44-41-38-34-17-14-11-8-5-2/h19-20,22-23,50H,4-18,21,24-49H2,1-3H3/b20-19-,23-22-.